The van der Waals surface area contributed by atoms with E-state index in [1.54, 1.807) is 0 Å². The van der Waals surface area contributed by atoms with Crippen molar-refractivity contribution in [3.05, 3.63) is 30.2 Å². The second kappa shape index (κ2) is 5.39. The van der Waals surface area contributed by atoms with Gasteiger partial charge in [-0.15, -0.1) is 0 Å². The van der Waals surface area contributed by atoms with Gasteiger partial charge in [0.05, 0.1) is 5.69 Å². The molecular weight excluding hydrogens is 274 g/mol. The lowest BCUT2D eigenvalue weighted by Crippen LogP contribution is -2.20. The second-order valence-electron chi connectivity index (χ2n) is 6.73. The molecule has 116 valence electrons. The van der Waals surface area contributed by atoms with Crippen LogP contribution in [0.3, 0.4) is 0 Å². The molecule has 22 heavy (non-hydrogen) atoms. The highest BCUT2D eigenvalue weighted by molar-refractivity contribution is 5.65. The molecule has 0 amide bonds. The predicted molar refractivity (Wildman–Crippen MR) is 87.7 cm³/mol. The molecular formula is C17H23N5. The molecule has 0 aromatic carbocycles. The van der Waals surface area contributed by atoms with Gasteiger partial charge >= 0.3 is 0 Å². The maximum atomic E-state index is 4.60. The summed E-state index contributed by atoms with van der Waals surface area (Å²) in [5.41, 5.74) is 3.33. The van der Waals surface area contributed by atoms with Crippen molar-refractivity contribution < 1.29 is 0 Å². The average Bonchev–Trinajstić information content (AvgIpc) is 3.15. The lowest BCUT2D eigenvalue weighted by molar-refractivity contribution is 0.494. The molecule has 0 radical (unpaired) electrons. The Balaban J connectivity index is 1.45. The summed E-state index contributed by atoms with van der Waals surface area (Å²) in [5.74, 6) is 2.70. The fourth-order valence-electron chi connectivity index (χ4n) is 4.01. The number of pyridine rings is 1. The topological polar surface area (TPSA) is 54.8 Å². The predicted octanol–water partition coefficient (Wildman–Crippen LogP) is 2.20. The zero-order valence-electron chi connectivity index (χ0n) is 13.2. The van der Waals surface area contributed by atoms with E-state index in [1.807, 2.05) is 31.0 Å². The summed E-state index contributed by atoms with van der Waals surface area (Å²) in [6.07, 6.45) is 6.53. The summed E-state index contributed by atoms with van der Waals surface area (Å²) >= 11 is 0. The molecule has 2 aromatic heterocycles. The van der Waals surface area contributed by atoms with E-state index in [-0.39, 0.29) is 0 Å². The van der Waals surface area contributed by atoms with Crippen LogP contribution in [0.5, 0.6) is 0 Å². The maximum Gasteiger partial charge on any atom is 0.126 e. The first-order valence-electron chi connectivity index (χ1n) is 8.13. The standard InChI is InChI=1S/C17H23N5/c1-11-16(10-22(2)21-11)12-3-4-17(19-9-12)20-15-5-13-7-18-8-14(13)6-15/h3-4,9-10,13-15,18H,5-8H2,1-2H3,(H,19,20)/t13-,14?,15?/m1/s1. The van der Waals surface area contributed by atoms with E-state index in [4.69, 9.17) is 0 Å². The molecule has 5 nitrogen and oxygen atoms in total. The van der Waals surface area contributed by atoms with Crippen molar-refractivity contribution in [3.63, 3.8) is 0 Å². The molecule has 1 saturated carbocycles. The lowest BCUT2D eigenvalue weighted by atomic mass is 10.0. The smallest absolute Gasteiger partial charge is 0.126 e. The SMILES string of the molecule is Cc1nn(C)cc1-c1ccc(NC2CC3CNC[C@H]3C2)nc1. The highest BCUT2D eigenvalue weighted by atomic mass is 15.2. The molecule has 2 aromatic rings. The Kier molecular flexibility index (Phi) is 3.37. The van der Waals surface area contributed by atoms with Crippen LogP contribution in [0.1, 0.15) is 18.5 Å². The largest absolute Gasteiger partial charge is 0.367 e. The third kappa shape index (κ3) is 2.50. The Morgan fingerprint density at radius 2 is 2.00 bits per heavy atom. The number of anilines is 1. The minimum atomic E-state index is 0.579. The van der Waals surface area contributed by atoms with Crippen LogP contribution in [-0.4, -0.2) is 33.9 Å². The number of hydrogen-bond acceptors (Lipinski definition) is 4. The van der Waals surface area contributed by atoms with Crippen molar-refractivity contribution in [2.45, 2.75) is 25.8 Å². The van der Waals surface area contributed by atoms with Gasteiger partial charge < -0.3 is 10.6 Å². The van der Waals surface area contributed by atoms with Crippen LogP contribution in [0.2, 0.25) is 0 Å². The summed E-state index contributed by atoms with van der Waals surface area (Å²) in [5, 5.41) is 11.5. The molecule has 1 aliphatic carbocycles. The van der Waals surface area contributed by atoms with Crippen LogP contribution in [-0.2, 0) is 7.05 Å². The molecule has 2 fully saturated rings. The van der Waals surface area contributed by atoms with Gasteiger partial charge in [-0.2, -0.15) is 5.10 Å². The zero-order chi connectivity index (χ0) is 15.1. The van der Waals surface area contributed by atoms with E-state index in [0.29, 0.717) is 6.04 Å². The molecule has 0 spiro atoms. The fourth-order valence-corrected chi connectivity index (χ4v) is 4.01. The van der Waals surface area contributed by atoms with Gasteiger partial charge in [0.15, 0.2) is 0 Å². The van der Waals surface area contributed by atoms with Gasteiger partial charge in [-0.25, -0.2) is 4.98 Å². The average molecular weight is 297 g/mol. The molecule has 3 heterocycles. The Labute approximate surface area is 131 Å². The monoisotopic (exact) mass is 297 g/mol. The minimum Gasteiger partial charge on any atom is -0.367 e. The van der Waals surface area contributed by atoms with E-state index < -0.39 is 0 Å². The van der Waals surface area contributed by atoms with Gasteiger partial charge in [0.2, 0.25) is 0 Å². The highest BCUT2D eigenvalue weighted by Gasteiger charge is 2.37. The summed E-state index contributed by atoms with van der Waals surface area (Å²) in [4.78, 5) is 4.60. The molecule has 2 N–H and O–H groups in total. The Morgan fingerprint density at radius 1 is 1.23 bits per heavy atom. The molecule has 2 aliphatic rings. The number of aryl methyl sites for hydroxylation is 2. The van der Waals surface area contributed by atoms with Crippen LogP contribution in [0, 0.1) is 18.8 Å². The quantitative estimate of drug-likeness (QED) is 0.912. The van der Waals surface area contributed by atoms with E-state index in [9.17, 15) is 0 Å². The number of rotatable bonds is 3. The Hall–Kier alpha value is -1.88. The third-order valence-electron chi connectivity index (χ3n) is 5.09. The molecule has 1 aliphatic heterocycles. The van der Waals surface area contributed by atoms with Crippen LogP contribution in [0.15, 0.2) is 24.5 Å². The molecule has 4 rings (SSSR count). The summed E-state index contributed by atoms with van der Waals surface area (Å²) in [6, 6.07) is 4.81. The molecule has 0 bridgehead atoms. The van der Waals surface area contributed by atoms with Gasteiger partial charge in [-0.05, 0) is 56.8 Å². The first kappa shape index (κ1) is 13.8. The first-order valence-corrected chi connectivity index (χ1v) is 8.13. The summed E-state index contributed by atoms with van der Waals surface area (Å²) in [6.45, 7) is 4.41. The third-order valence-corrected chi connectivity index (χ3v) is 5.09. The van der Waals surface area contributed by atoms with Crippen molar-refractivity contribution in [2.75, 3.05) is 18.4 Å². The van der Waals surface area contributed by atoms with Crippen LogP contribution in [0.25, 0.3) is 11.1 Å². The number of aromatic nitrogens is 3. The highest BCUT2D eigenvalue weighted by Crippen LogP contribution is 2.35. The maximum absolute atomic E-state index is 4.60. The Bertz CT molecular complexity index is 648. The van der Waals surface area contributed by atoms with Gasteiger partial charge in [0.1, 0.15) is 5.82 Å². The van der Waals surface area contributed by atoms with Gasteiger partial charge in [-0.3, -0.25) is 4.68 Å². The fraction of sp³-hybridized carbons (Fsp3) is 0.529. The summed E-state index contributed by atoms with van der Waals surface area (Å²) in [7, 11) is 1.95. The molecule has 5 heteroatoms. The van der Waals surface area contributed by atoms with Crippen LogP contribution in [0.4, 0.5) is 5.82 Å². The van der Waals surface area contributed by atoms with Crippen molar-refractivity contribution in [2.24, 2.45) is 18.9 Å². The Morgan fingerprint density at radius 3 is 2.59 bits per heavy atom. The minimum absolute atomic E-state index is 0.579. The summed E-state index contributed by atoms with van der Waals surface area (Å²) < 4.78 is 1.85. The normalized spacial score (nSPS) is 27.1. The molecule has 2 unspecified atom stereocenters. The van der Waals surface area contributed by atoms with E-state index in [0.717, 1.165) is 34.5 Å². The zero-order valence-corrected chi connectivity index (χ0v) is 13.2. The molecule has 1 saturated heterocycles. The number of fused-ring (bicyclic) bond motifs is 1. The second-order valence-corrected chi connectivity index (χ2v) is 6.73. The van der Waals surface area contributed by atoms with Gasteiger partial charge in [-0.1, -0.05) is 0 Å². The van der Waals surface area contributed by atoms with Crippen LogP contribution < -0.4 is 10.6 Å². The number of hydrogen-bond donors (Lipinski definition) is 2. The van der Waals surface area contributed by atoms with Crippen molar-refractivity contribution >= 4 is 5.82 Å². The molecule has 3 atom stereocenters. The van der Waals surface area contributed by atoms with E-state index in [2.05, 4.69) is 32.8 Å². The number of nitrogens with zero attached hydrogens (tertiary/aromatic N) is 3. The first-order chi connectivity index (χ1) is 10.7. The van der Waals surface area contributed by atoms with Gasteiger partial charge in [0.25, 0.3) is 0 Å². The van der Waals surface area contributed by atoms with Crippen LogP contribution >= 0.6 is 0 Å². The van der Waals surface area contributed by atoms with E-state index >= 15 is 0 Å². The number of nitrogens with one attached hydrogen (secondary N) is 2. The van der Waals surface area contributed by atoms with Crippen molar-refractivity contribution in [1.82, 2.24) is 20.1 Å². The van der Waals surface area contributed by atoms with Gasteiger partial charge in [0, 0.05) is 36.6 Å². The van der Waals surface area contributed by atoms with Crippen molar-refractivity contribution in [1.29, 1.82) is 0 Å². The lowest BCUT2D eigenvalue weighted by Gasteiger charge is -2.14. The van der Waals surface area contributed by atoms with E-state index in [1.165, 1.54) is 25.9 Å². The van der Waals surface area contributed by atoms with Crippen molar-refractivity contribution in [3.8, 4) is 11.1 Å².